The zero-order valence-electron chi connectivity index (χ0n) is 21.3. The third kappa shape index (κ3) is 11.4. The first-order chi connectivity index (χ1) is 17.7. The quantitative estimate of drug-likeness (QED) is 0.0846. The second-order valence-corrected chi connectivity index (χ2v) is 8.23. The van der Waals surface area contributed by atoms with Gasteiger partial charge in [-0.1, -0.05) is 60.7 Å². The molecule has 0 aliphatic heterocycles. The molecule has 0 bridgehead atoms. The van der Waals surface area contributed by atoms with E-state index in [4.69, 9.17) is 40.1 Å². The first-order valence-electron chi connectivity index (χ1n) is 12.1. The molecule has 10 nitrogen and oxygen atoms in total. The van der Waals surface area contributed by atoms with E-state index in [2.05, 4.69) is 10.9 Å². The van der Waals surface area contributed by atoms with Gasteiger partial charge in [-0.05, 0) is 24.0 Å². The summed E-state index contributed by atoms with van der Waals surface area (Å²) in [5, 5.41) is 0. The number of hydrazine groups is 2. The van der Waals surface area contributed by atoms with Gasteiger partial charge >= 0.3 is 0 Å². The van der Waals surface area contributed by atoms with Crippen LogP contribution in [0.25, 0.3) is 0 Å². The Morgan fingerprint density at radius 3 is 1.33 bits per heavy atom. The molecule has 6 N–H and O–H groups in total. The molecule has 0 saturated carbocycles. The van der Waals surface area contributed by atoms with Crippen LogP contribution in [0.2, 0.25) is 0 Å². The van der Waals surface area contributed by atoms with Crippen LogP contribution < -0.4 is 22.5 Å². The van der Waals surface area contributed by atoms with E-state index in [1.165, 1.54) is 0 Å². The third-order valence-electron chi connectivity index (χ3n) is 5.69. The Bertz CT molecular complexity index is 708. The van der Waals surface area contributed by atoms with Gasteiger partial charge < -0.3 is 28.4 Å². The summed E-state index contributed by atoms with van der Waals surface area (Å²) in [7, 11) is 3.24. The molecule has 0 unspecified atom stereocenters. The summed E-state index contributed by atoms with van der Waals surface area (Å²) in [4.78, 5) is 0. The molecule has 2 aromatic carbocycles. The minimum absolute atomic E-state index is 0.0357. The first-order valence-corrected chi connectivity index (χ1v) is 12.1. The normalized spacial score (nSPS) is 14.9. The molecule has 2 aromatic rings. The van der Waals surface area contributed by atoms with Crippen molar-refractivity contribution in [3.63, 3.8) is 0 Å². The maximum atomic E-state index is 6.25. The summed E-state index contributed by atoms with van der Waals surface area (Å²) < 4.78 is 33.9. The SMILES string of the molecule is COCCOCO[C@H]([C@@H](OCOCCOC)[C@@H](Cc1ccccc1)NN)[C@@H](Cc1ccccc1)NN. The highest BCUT2D eigenvalue weighted by molar-refractivity contribution is 5.18. The Hall–Kier alpha value is -1.96. The topological polar surface area (TPSA) is 131 Å². The average Bonchev–Trinajstić information content (AvgIpc) is 2.92. The van der Waals surface area contributed by atoms with Crippen LogP contribution in [0.1, 0.15) is 11.1 Å². The van der Waals surface area contributed by atoms with Crippen molar-refractivity contribution in [2.75, 3.05) is 54.2 Å². The lowest BCUT2D eigenvalue weighted by atomic mass is 9.91. The molecule has 10 heteroatoms. The summed E-state index contributed by atoms with van der Waals surface area (Å²) in [6.45, 7) is 1.80. The zero-order valence-corrected chi connectivity index (χ0v) is 21.3. The summed E-state index contributed by atoms with van der Waals surface area (Å²) in [6, 6.07) is 19.5. The predicted octanol–water partition coefficient (Wildman–Crippen LogP) is 1.15. The van der Waals surface area contributed by atoms with Crippen molar-refractivity contribution in [3.8, 4) is 0 Å². The monoisotopic (exact) mass is 506 g/mol. The fourth-order valence-electron chi connectivity index (χ4n) is 3.81. The lowest BCUT2D eigenvalue weighted by Gasteiger charge is -2.37. The molecule has 0 aliphatic carbocycles. The van der Waals surface area contributed by atoms with E-state index >= 15 is 0 Å². The smallest absolute Gasteiger partial charge is 0.147 e. The minimum Gasteiger partial charge on any atom is -0.382 e. The fraction of sp³-hybridized carbons (Fsp3) is 0.538. The first kappa shape index (κ1) is 30.3. The maximum absolute atomic E-state index is 6.25. The van der Waals surface area contributed by atoms with E-state index in [9.17, 15) is 0 Å². The van der Waals surface area contributed by atoms with E-state index < -0.39 is 12.2 Å². The van der Waals surface area contributed by atoms with Crippen LogP contribution in [-0.2, 0) is 41.3 Å². The van der Waals surface area contributed by atoms with Crippen molar-refractivity contribution in [2.24, 2.45) is 11.7 Å². The van der Waals surface area contributed by atoms with Crippen molar-refractivity contribution in [2.45, 2.75) is 37.1 Å². The van der Waals surface area contributed by atoms with Gasteiger partial charge in [0.15, 0.2) is 0 Å². The van der Waals surface area contributed by atoms with E-state index in [0.717, 1.165) is 11.1 Å². The van der Waals surface area contributed by atoms with Crippen LogP contribution in [-0.4, -0.2) is 78.5 Å². The van der Waals surface area contributed by atoms with Crippen molar-refractivity contribution in [3.05, 3.63) is 71.8 Å². The summed E-state index contributed by atoms with van der Waals surface area (Å²) >= 11 is 0. The Labute approximate surface area is 214 Å². The number of methoxy groups -OCH3 is 2. The van der Waals surface area contributed by atoms with Crippen LogP contribution >= 0.6 is 0 Å². The molecule has 2 rings (SSSR count). The van der Waals surface area contributed by atoms with E-state index in [-0.39, 0.29) is 25.7 Å². The number of hydrogen-bond acceptors (Lipinski definition) is 10. The molecule has 0 saturated heterocycles. The second kappa shape index (κ2) is 19.2. The molecule has 0 radical (unpaired) electrons. The highest BCUT2D eigenvalue weighted by atomic mass is 16.7. The lowest BCUT2D eigenvalue weighted by Crippen LogP contribution is -2.60. The minimum atomic E-state index is -0.534. The number of ether oxygens (including phenoxy) is 6. The molecule has 0 amide bonds. The fourth-order valence-corrected chi connectivity index (χ4v) is 3.81. The Morgan fingerprint density at radius 1 is 0.611 bits per heavy atom. The molecule has 202 valence electrons. The number of hydrogen-bond donors (Lipinski definition) is 4. The number of nitrogens with one attached hydrogen (secondary N) is 2. The van der Waals surface area contributed by atoms with Crippen LogP contribution in [0.15, 0.2) is 60.7 Å². The predicted molar refractivity (Wildman–Crippen MR) is 138 cm³/mol. The second-order valence-electron chi connectivity index (χ2n) is 8.23. The van der Waals surface area contributed by atoms with Gasteiger partial charge in [-0.3, -0.25) is 22.5 Å². The van der Waals surface area contributed by atoms with E-state index in [0.29, 0.717) is 39.3 Å². The van der Waals surface area contributed by atoms with Gasteiger partial charge in [0.1, 0.15) is 25.8 Å². The van der Waals surface area contributed by atoms with Gasteiger partial charge in [-0.2, -0.15) is 0 Å². The summed E-state index contributed by atoms with van der Waals surface area (Å²) in [5.74, 6) is 12.1. The zero-order chi connectivity index (χ0) is 25.8. The number of rotatable bonds is 21. The third-order valence-corrected chi connectivity index (χ3v) is 5.69. The maximum Gasteiger partial charge on any atom is 0.147 e. The van der Waals surface area contributed by atoms with Gasteiger partial charge in [0.25, 0.3) is 0 Å². The summed E-state index contributed by atoms with van der Waals surface area (Å²) in [6.07, 6.45) is 0.141. The van der Waals surface area contributed by atoms with Crippen molar-refractivity contribution in [1.29, 1.82) is 0 Å². The number of nitrogens with two attached hydrogens (primary N) is 2. The van der Waals surface area contributed by atoms with E-state index in [1.807, 2.05) is 60.7 Å². The van der Waals surface area contributed by atoms with Crippen LogP contribution in [0, 0.1) is 0 Å². The number of benzene rings is 2. The Kier molecular flexibility index (Phi) is 16.1. The van der Waals surface area contributed by atoms with Gasteiger partial charge in [0.05, 0.1) is 38.5 Å². The molecular weight excluding hydrogens is 464 g/mol. The summed E-state index contributed by atoms with van der Waals surface area (Å²) in [5.41, 5.74) is 8.05. The van der Waals surface area contributed by atoms with Gasteiger partial charge in [-0.25, -0.2) is 0 Å². The standard InChI is InChI=1S/C26H42N4O6/c1-31-13-15-33-19-35-25(23(29-27)17-21-9-5-3-6-10-21)26(36-20-34-16-14-32-2)24(30-28)18-22-11-7-4-8-12-22/h3-12,23-26,29-30H,13-20,27-28H2,1-2H3/t23-,24-,25+,26+/m1/s1. The van der Waals surface area contributed by atoms with Crippen LogP contribution in [0.3, 0.4) is 0 Å². The molecule has 4 atom stereocenters. The lowest BCUT2D eigenvalue weighted by molar-refractivity contribution is -0.186. The highest BCUT2D eigenvalue weighted by Gasteiger charge is 2.36. The Balaban J connectivity index is 2.26. The highest BCUT2D eigenvalue weighted by Crippen LogP contribution is 2.19. The molecule has 0 heterocycles. The molecule has 0 aromatic heterocycles. The van der Waals surface area contributed by atoms with Crippen molar-refractivity contribution in [1.82, 2.24) is 10.9 Å². The van der Waals surface area contributed by atoms with Crippen LogP contribution in [0.5, 0.6) is 0 Å². The van der Waals surface area contributed by atoms with Gasteiger partial charge in [-0.15, -0.1) is 0 Å². The molecular formula is C26H42N4O6. The van der Waals surface area contributed by atoms with Crippen molar-refractivity contribution < 1.29 is 28.4 Å². The largest absolute Gasteiger partial charge is 0.382 e. The van der Waals surface area contributed by atoms with E-state index in [1.54, 1.807) is 14.2 Å². The van der Waals surface area contributed by atoms with Crippen LogP contribution in [0.4, 0.5) is 0 Å². The average molecular weight is 507 g/mol. The molecule has 0 aliphatic rings. The van der Waals surface area contributed by atoms with Gasteiger partial charge in [0, 0.05) is 14.2 Å². The molecule has 0 fully saturated rings. The van der Waals surface area contributed by atoms with Crippen molar-refractivity contribution >= 4 is 0 Å². The molecule has 36 heavy (non-hydrogen) atoms. The molecule has 0 spiro atoms. The Morgan fingerprint density at radius 2 is 1.00 bits per heavy atom. The van der Waals surface area contributed by atoms with Gasteiger partial charge in [0.2, 0.25) is 0 Å².